The van der Waals surface area contributed by atoms with Gasteiger partial charge in [0.15, 0.2) is 5.78 Å². The van der Waals surface area contributed by atoms with Crippen LogP contribution in [0.1, 0.15) is 73.8 Å². The van der Waals surface area contributed by atoms with Crippen molar-refractivity contribution < 1.29 is 4.79 Å². The van der Waals surface area contributed by atoms with Gasteiger partial charge in [-0.1, -0.05) is 46.5 Å². The van der Waals surface area contributed by atoms with E-state index in [1.807, 2.05) is 6.07 Å². The summed E-state index contributed by atoms with van der Waals surface area (Å²) >= 11 is 1.70. The summed E-state index contributed by atoms with van der Waals surface area (Å²) in [4.78, 5) is 14.8. The van der Waals surface area contributed by atoms with Gasteiger partial charge in [-0.25, -0.2) is 0 Å². The number of Topliss-reactive ketones (excluding diaryl/α,β-unsaturated/α-hetero) is 1. The molecular formula is C16H24OS. The Labute approximate surface area is 115 Å². The second-order valence-electron chi connectivity index (χ2n) is 6.47. The van der Waals surface area contributed by atoms with Gasteiger partial charge < -0.3 is 0 Å². The molecule has 0 atom stereocenters. The maximum Gasteiger partial charge on any atom is 0.175 e. The molecule has 0 bridgehead atoms. The molecule has 0 radical (unpaired) electrons. The van der Waals surface area contributed by atoms with E-state index in [0.29, 0.717) is 11.7 Å². The van der Waals surface area contributed by atoms with Gasteiger partial charge >= 0.3 is 0 Å². The zero-order chi connectivity index (χ0) is 13.2. The quantitative estimate of drug-likeness (QED) is 0.530. The fourth-order valence-electron chi connectivity index (χ4n) is 2.62. The lowest BCUT2D eigenvalue weighted by molar-refractivity contribution is 0.0912. The number of carbonyl (C=O) groups is 1. The molecular weight excluding hydrogens is 240 g/mol. The molecule has 0 N–H and O–H groups in total. The number of rotatable bonds is 2. The molecule has 18 heavy (non-hydrogen) atoms. The van der Waals surface area contributed by atoms with Crippen LogP contribution in [0.5, 0.6) is 0 Å². The predicted molar refractivity (Wildman–Crippen MR) is 78.5 cm³/mol. The van der Waals surface area contributed by atoms with Crippen LogP contribution in [0.2, 0.25) is 0 Å². The van der Waals surface area contributed by atoms with Crippen molar-refractivity contribution in [3.05, 3.63) is 21.9 Å². The van der Waals surface area contributed by atoms with E-state index in [1.54, 1.807) is 11.3 Å². The lowest BCUT2D eigenvalue weighted by Crippen LogP contribution is -2.12. The van der Waals surface area contributed by atoms with Crippen molar-refractivity contribution >= 4 is 17.1 Å². The highest BCUT2D eigenvalue weighted by atomic mass is 32.1. The van der Waals surface area contributed by atoms with E-state index < -0.39 is 0 Å². The van der Waals surface area contributed by atoms with Crippen molar-refractivity contribution in [2.45, 2.75) is 64.7 Å². The number of ketones is 1. The maximum absolute atomic E-state index is 12.5. The van der Waals surface area contributed by atoms with Gasteiger partial charge in [-0.2, -0.15) is 0 Å². The molecule has 100 valence electrons. The van der Waals surface area contributed by atoms with Crippen LogP contribution < -0.4 is 0 Å². The Balaban J connectivity index is 2.10. The molecule has 1 aromatic rings. The summed E-state index contributed by atoms with van der Waals surface area (Å²) in [5.41, 5.74) is 0.159. The van der Waals surface area contributed by atoms with Gasteiger partial charge in [0, 0.05) is 10.8 Å². The van der Waals surface area contributed by atoms with Crippen molar-refractivity contribution in [3.8, 4) is 0 Å². The predicted octanol–water partition coefficient (Wildman–Crippen LogP) is 5.20. The molecule has 0 aliphatic heterocycles. The third-order valence-corrected chi connectivity index (χ3v) is 5.34. The molecule has 0 amide bonds. The summed E-state index contributed by atoms with van der Waals surface area (Å²) < 4.78 is 0. The molecule has 0 unspecified atom stereocenters. The van der Waals surface area contributed by atoms with Crippen LogP contribution in [0.3, 0.4) is 0 Å². The summed E-state index contributed by atoms with van der Waals surface area (Å²) in [6, 6.07) is 4.17. The van der Waals surface area contributed by atoms with Gasteiger partial charge in [0.2, 0.25) is 0 Å². The van der Waals surface area contributed by atoms with Crippen LogP contribution in [0.15, 0.2) is 12.1 Å². The third-order valence-electron chi connectivity index (χ3n) is 3.81. The topological polar surface area (TPSA) is 17.1 Å². The fourth-order valence-corrected chi connectivity index (χ4v) is 3.70. The first kappa shape index (κ1) is 13.8. The summed E-state index contributed by atoms with van der Waals surface area (Å²) in [6.07, 6.45) is 7.27. The summed E-state index contributed by atoms with van der Waals surface area (Å²) in [7, 11) is 0. The molecule has 2 rings (SSSR count). The van der Waals surface area contributed by atoms with Gasteiger partial charge in [0.05, 0.1) is 4.88 Å². The standard InChI is InChI=1S/C16H24OS/c1-16(2,3)14-11-10-13(18-14)15(17)12-8-6-4-5-7-9-12/h10-12H,4-9H2,1-3H3. The minimum Gasteiger partial charge on any atom is -0.293 e. The molecule has 1 nitrogen and oxygen atoms in total. The summed E-state index contributed by atoms with van der Waals surface area (Å²) in [5.74, 6) is 0.691. The zero-order valence-electron chi connectivity index (χ0n) is 11.8. The smallest absolute Gasteiger partial charge is 0.175 e. The highest BCUT2D eigenvalue weighted by Crippen LogP contribution is 2.33. The van der Waals surface area contributed by atoms with Crippen molar-refractivity contribution in [3.63, 3.8) is 0 Å². The van der Waals surface area contributed by atoms with Crippen LogP contribution in [0.25, 0.3) is 0 Å². The van der Waals surface area contributed by atoms with Crippen molar-refractivity contribution in [1.82, 2.24) is 0 Å². The van der Waals surface area contributed by atoms with Crippen LogP contribution in [-0.2, 0) is 5.41 Å². The Morgan fingerprint density at radius 1 is 1.11 bits per heavy atom. The van der Waals surface area contributed by atoms with E-state index in [2.05, 4.69) is 26.8 Å². The largest absolute Gasteiger partial charge is 0.293 e. The Hall–Kier alpha value is -0.630. The average molecular weight is 264 g/mol. The minimum absolute atomic E-state index is 0.159. The molecule has 0 spiro atoms. The van der Waals surface area contributed by atoms with Crippen LogP contribution in [0, 0.1) is 5.92 Å². The minimum atomic E-state index is 0.159. The molecule has 1 heterocycles. The lowest BCUT2D eigenvalue weighted by atomic mass is 9.93. The molecule has 1 aliphatic carbocycles. The zero-order valence-corrected chi connectivity index (χ0v) is 12.6. The van der Waals surface area contributed by atoms with E-state index in [0.717, 1.165) is 17.7 Å². The van der Waals surface area contributed by atoms with Gasteiger partial charge in [-0.3, -0.25) is 4.79 Å². The van der Waals surface area contributed by atoms with Crippen LogP contribution in [-0.4, -0.2) is 5.78 Å². The molecule has 0 saturated heterocycles. The summed E-state index contributed by atoms with van der Waals surface area (Å²) in [5, 5.41) is 0. The molecule has 1 aliphatic rings. The Bertz CT molecular complexity index is 403. The number of hydrogen-bond donors (Lipinski definition) is 0. The van der Waals surface area contributed by atoms with Gasteiger partial charge in [0.25, 0.3) is 0 Å². The Morgan fingerprint density at radius 3 is 2.22 bits per heavy atom. The highest BCUT2D eigenvalue weighted by molar-refractivity contribution is 7.14. The molecule has 1 saturated carbocycles. The Kier molecular flexibility index (Phi) is 4.26. The fraction of sp³-hybridized carbons (Fsp3) is 0.688. The van der Waals surface area contributed by atoms with Crippen molar-refractivity contribution in [1.29, 1.82) is 0 Å². The first-order chi connectivity index (χ1) is 8.48. The van der Waals surface area contributed by atoms with Crippen LogP contribution >= 0.6 is 11.3 Å². The van der Waals surface area contributed by atoms with E-state index in [1.165, 1.54) is 30.6 Å². The van der Waals surface area contributed by atoms with E-state index in [-0.39, 0.29) is 5.41 Å². The van der Waals surface area contributed by atoms with Crippen LogP contribution in [0.4, 0.5) is 0 Å². The first-order valence-electron chi connectivity index (χ1n) is 7.13. The van der Waals surface area contributed by atoms with Gasteiger partial charge in [-0.05, 0) is 30.4 Å². The number of carbonyl (C=O) groups excluding carboxylic acids is 1. The van der Waals surface area contributed by atoms with Gasteiger partial charge in [0.1, 0.15) is 0 Å². The monoisotopic (exact) mass is 264 g/mol. The third kappa shape index (κ3) is 3.23. The van der Waals surface area contributed by atoms with E-state index in [9.17, 15) is 4.79 Å². The molecule has 1 fully saturated rings. The molecule has 0 aromatic carbocycles. The molecule has 2 heteroatoms. The molecule has 1 aromatic heterocycles. The number of thiophene rings is 1. The lowest BCUT2D eigenvalue weighted by Gasteiger charge is -2.15. The second kappa shape index (κ2) is 5.56. The Morgan fingerprint density at radius 2 is 1.72 bits per heavy atom. The normalized spacial score (nSPS) is 18.6. The van der Waals surface area contributed by atoms with E-state index >= 15 is 0 Å². The van der Waals surface area contributed by atoms with E-state index in [4.69, 9.17) is 0 Å². The first-order valence-corrected chi connectivity index (χ1v) is 7.94. The second-order valence-corrected chi connectivity index (χ2v) is 7.55. The van der Waals surface area contributed by atoms with Crippen molar-refractivity contribution in [2.24, 2.45) is 5.92 Å². The SMILES string of the molecule is CC(C)(C)c1ccc(C(=O)C2CCCCCC2)s1. The van der Waals surface area contributed by atoms with Crippen molar-refractivity contribution in [2.75, 3.05) is 0 Å². The summed E-state index contributed by atoms with van der Waals surface area (Å²) in [6.45, 7) is 6.62. The highest BCUT2D eigenvalue weighted by Gasteiger charge is 2.24. The average Bonchev–Trinajstić information content (AvgIpc) is 2.65. The number of hydrogen-bond acceptors (Lipinski definition) is 2. The maximum atomic E-state index is 12.5. The van der Waals surface area contributed by atoms with Gasteiger partial charge in [-0.15, -0.1) is 11.3 Å².